The zero-order valence-electron chi connectivity index (χ0n) is 24.4. The standard InChI is InChI=1S/C38H31BrN4/c1-26-14-16-28(17-15-26)42(36-12-6-8-20-40-36)30-22-27(39)23-31(24-30)43(37-13-7-9-21-41-37)29-18-19-33-32-10-4-5-11-34(32)38(2,3)35(33)25-29/h4-25H,1-3H3. The summed E-state index contributed by atoms with van der Waals surface area (Å²) in [5.74, 6) is 1.69. The van der Waals surface area contributed by atoms with Crippen LogP contribution in [-0.4, -0.2) is 9.97 Å². The summed E-state index contributed by atoms with van der Waals surface area (Å²) in [5, 5.41) is 0. The van der Waals surface area contributed by atoms with Gasteiger partial charge < -0.3 is 0 Å². The van der Waals surface area contributed by atoms with Crippen molar-refractivity contribution >= 4 is 50.3 Å². The monoisotopic (exact) mass is 622 g/mol. The Morgan fingerprint density at radius 1 is 0.535 bits per heavy atom. The van der Waals surface area contributed by atoms with Crippen LogP contribution in [0.4, 0.5) is 34.4 Å². The maximum absolute atomic E-state index is 4.82. The third-order valence-electron chi connectivity index (χ3n) is 8.26. The number of hydrogen-bond acceptors (Lipinski definition) is 4. The molecule has 0 aliphatic heterocycles. The van der Waals surface area contributed by atoms with E-state index in [2.05, 4.69) is 137 Å². The largest absolute Gasteiger partial charge is 0.295 e. The number of rotatable bonds is 6. The van der Waals surface area contributed by atoms with Gasteiger partial charge in [-0.25, -0.2) is 9.97 Å². The number of benzene rings is 4. The second kappa shape index (κ2) is 10.8. The molecule has 0 saturated carbocycles. The van der Waals surface area contributed by atoms with E-state index in [0.717, 1.165) is 38.9 Å². The highest BCUT2D eigenvalue weighted by molar-refractivity contribution is 9.10. The highest BCUT2D eigenvalue weighted by Gasteiger charge is 2.35. The van der Waals surface area contributed by atoms with Crippen LogP contribution < -0.4 is 9.80 Å². The van der Waals surface area contributed by atoms with Gasteiger partial charge in [-0.15, -0.1) is 0 Å². The maximum atomic E-state index is 4.82. The fraction of sp³-hybridized carbons (Fsp3) is 0.105. The SMILES string of the molecule is Cc1ccc(N(c2cc(Br)cc(N(c3ccc4c(c3)C(C)(C)c3ccccc3-4)c3ccccn3)c2)c2ccccn2)cc1. The molecule has 5 heteroatoms. The summed E-state index contributed by atoms with van der Waals surface area (Å²) in [4.78, 5) is 14.0. The third kappa shape index (κ3) is 4.90. The van der Waals surface area contributed by atoms with Crippen LogP contribution in [0.25, 0.3) is 11.1 Å². The van der Waals surface area contributed by atoms with Gasteiger partial charge in [0.2, 0.25) is 0 Å². The van der Waals surface area contributed by atoms with E-state index >= 15 is 0 Å². The molecule has 43 heavy (non-hydrogen) atoms. The topological polar surface area (TPSA) is 32.3 Å². The predicted molar refractivity (Wildman–Crippen MR) is 181 cm³/mol. The Bertz CT molecular complexity index is 1920. The third-order valence-corrected chi connectivity index (χ3v) is 8.72. The summed E-state index contributed by atoms with van der Waals surface area (Å²) in [6.45, 7) is 6.74. The van der Waals surface area contributed by atoms with E-state index in [1.807, 2.05) is 42.7 Å². The van der Waals surface area contributed by atoms with Crippen LogP contribution in [-0.2, 0) is 5.41 Å². The molecule has 7 rings (SSSR count). The van der Waals surface area contributed by atoms with Gasteiger partial charge in [-0.3, -0.25) is 9.80 Å². The van der Waals surface area contributed by atoms with Gasteiger partial charge >= 0.3 is 0 Å². The number of pyridine rings is 2. The second-order valence-corrected chi connectivity index (χ2v) is 12.4. The van der Waals surface area contributed by atoms with Crippen molar-refractivity contribution in [1.82, 2.24) is 9.97 Å². The summed E-state index contributed by atoms with van der Waals surface area (Å²) in [6.07, 6.45) is 3.68. The Balaban J connectivity index is 1.41. The number of aromatic nitrogens is 2. The predicted octanol–water partition coefficient (Wildman–Crippen LogP) is 10.8. The van der Waals surface area contributed by atoms with E-state index in [1.165, 1.54) is 27.8 Å². The van der Waals surface area contributed by atoms with Crippen LogP contribution in [0.2, 0.25) is 0 Å². The lowest BCUT2D eigenvalue weighted by atomic mass is 9.82. The molecule has 0 fully saturated rings. The van der Waals surface area contributed by atoms with Crippen molar-refractivity contribution in [2.45, 2.75) is 26.2 Å². The van der Waals surface area contributed by atoms with E-state index in [4.69, 9.17) is 9.97 Å². The molecule has 210 valence electrons. The fourth-order valence-corrected chi connectivity index (χ4v) is 6.61. The first-order chi connectivity index (χ1) is 20.9. The molecule has 0 saturated heterocycles. The van der Waals surface area contributed by atoms with Crippen molar-refractivity contribution in [3.05, 3.63) is 155 Å². The second-order valence-electron chi connectivity index (χ2n) is 11.5. The Labute approximate surface area is 261 Å². The molecule has 0 atom stereocenters. The Morgan fingerprint density at radius 2 is 1.09 bits per heavy atom. The summed E-state index contributed by atoms with van der Waals surface area (Å²) in [5.41, 5.74) is 10.5. The minimum absolute atomic E-state index is 0.110. The molecule has 0 unspecified atom stereocenters. The number of halogens is 1. The summed E-state index contributed by atoms with van der Waals surface area (Å²) >= 11 is 3.84. The van der Waals surface area contributed by atoms with Crippen molar-refractivity contribution in [1.29, 1.82) is 0 Å². The highest BCUT2D eigenvalue weighted by atomic mass is 79.9. The van der Waals surface area contributed by atoms with Crippen LogP contribution in [0, 0.1) is 6.92 Å². The van der Waals surface area contributed by atoms with Gasteiger partial charge in [0.1, 0.15) is 11.6 Å². The Hall–Kier alpha value is -4.74. The highest BCUT2D eigenvalue weighted by Crippen LogP contribution is 2.51. The molecule has 0 spiro atoms. The number of hydrogen-bond donors (Lipinski definition) is 0. The molecule has 2 heterocycles. The van der Waals surface area contributed by atoms with Crippen molar-refractivity contribution in [3.8, 4) is 11.1 Å². The average Bonchev–Trinajstić information content (AvgIpc) is 3.25. The minimum atomic E-state index is -0.110. The number of anilines is 6. The lowest BCUT2D eigenvalue weighted by molar-refractivity contribution is 0.660. The molecule has 4 aromatic carbocycles. The number of aryl methyl sites for hydroxylation is 1. The smallest absolute Gasteiger partial charge is 0.137 e. The minimum Gasteiger partial charge on any atom is -0.295 e. The molecule has 0 bridgehead atoms. The maximum Gasteiger partial charge on any atom is 0.137 e. The first kappa shape index (κ1) is 27.1. The quantitative estimate of drug-likeness (QED) is 0.185. The first-order valence-corrected chi connectivity index (χ1v) is 15.2. The molecular weight excluding hydrogens is 592 g/mol. The van der Waals surface area contributed by atoms with Gasteiger partial charge in [-0.1, -0.05) is 89.9 Å². The fourth-order valence-electron chi connectivity index (χ4n) is 6.14. The normalized spacial score (nSPS) is 12.8. The van der Waals surface area contributed by atoms with E-state index in [9.17, 15) is 0 Å². The first-order valence-electron chi connectivity index (χ1n) is 14.4. The van der Waals surface area contributed by atoms with E-state index in [0.29, 0.717) is 0 Å². The van der Waals surface area contributed by atoms with Crippen LogP contribution in [0.3, 0.4) is 0 Å². The lowest BCUT2D eigenvalue weighted by Gasteiger charge is -2.29. The lowest BCUT2D eigenvalue weighted by Crippen LogP contribution is -2.17. The summed E-state index contributed by atoms with van der Waals surface area (Å²) < 4.78 is 0.961. The van der Waals surface area contributed by atoms with Gasteiger partial charge in [0.25, 0.3) is 0 Å². The van der Waals surface area contributed by atoms with Gasteiger partial charge in [-0.05, 0) is 95.9 Å². The van der Waals surface area contributed by atoms with Crippen LogP contribution in [0.5, 0.6) is 0 Å². The summed E-state index contributed by atoms with van der Waals surface area (Å²) in [7, 11) is 0. The molecule has 1 aliphatic rings. The number of fused-ring (bicyclic) bond motifs is 3. The summed E-state index contributed by atoms with van der Waals surface area (Å²) in [6, 6.07) is 42.7. The molecule has 0 amide bonds. The average molecular weight is 624 g/mol. The zero-order chi connectivity index (χ0) is 29.6. The van der Waals surface area contributed by atoms with E-state index < -0.39 is 0 Å². The van der Waals surface area contributed by atoms with Crippen LogP contribution in [0.15, 0.2) is 138 Å². The zero-order valence-corrected chi connectivity index (χ0v) is 26.0. The molecular formula is C38H31BrN4. The van der Waals surface area contributed by atoms with E-state index in [-0.39, 0.29) is 5.41 Å². The molecule has 0 radical (unpaired) electrons. The van der Waals surface area contributed by atoms with Gasteiger partial charge in [0.05, 0.1) is 11.4 Å². The Kier molecular flexibility index (Phi) is 6.83. The van der Waals surface area contributed by atoms with Crippen molar-refractivity contribution in [3.63, 3.8) is 0 Å². The van der Waals surface area contributed by atoms with Crippen molar-refractivity contribution in [2.75, 3.05) is 9.80 Å². The molecule has 4 nitrogen and oxygen atoms in total. The number of nitrogens with zero attached hydrogens (tertiary/aromatic N) is 4. The van der Waals surface area contributed by atoms with Gasteiger partial charge in [0.15, 0.2) is 0 Å². The van der Waals surface area contributed by atoms with E-state index in [1.54, 1.807) is 0 Å². The van der Waals surface area contributed by atoms with Crippen molar-refractivity contribution < 1.29 is 0 Å². The van der Waals surface area contributed by atoms with Gasteiger partial charge in [0, 0.05) is 33.7 Å². The molecule has 1 aliphatic carbocycles. The van der Waals surface area contributed by atoms with Crippen LogP contribution in [0.1, 0.15) is 30.5 Å². The molecule has 0 N–H and O–H groups in total. The van der Waals surface area contributed by atoms with Crippen LogP contribution >= 0.6 is 15.9 Å². The van der Waals surface area contributed by atoms with Gasteiger partial charge in [-0.2, -0.15) is 0 Å². The molecule has 2 aromatic heterocycles. The molecule has 6 aromatic rings. The Morgan fingerprint density at radius 3 is 1.72 bits per heavy atom. The van der Waals surface area contributed by atoms with Crippen molar-refractivity contribution in [2.24, 2.45) is 0 Å².